The fraction of sp³-hybridized carbons (Fsp3) is 0.200. The maximum absolute atomic E-state index is 12.3. The van der Waals surface area contributed by atoms with Gasteiger partial charge in [-0.25, -0.2) is 4.68 Å². The van der Waals surface area contributed by atoms with Gasteiger partial charge in [0, 0.05) is 5.56 Å². The van der Waals surface area contributed by atoms with Gasteiger partial charge in [-0.15, -0.1) is 11.8 Å². The van der Waals surface area contributed by atoms with Gasteiger partial charge in [0.05, 0.1) is 29.5 Å². The lowest BCUT2D eigenvalue weighted by Gasteiger charge is -2.15. The Labute approximate surface area is 156 Å². The first-order valence-corrected chi connectivity index (χ1v) is 9.42. The van der Waals surface area contributed by atoms with Crippen molar-refractivity contribution in [2.45, 2.75) is 12.2 Å². The summed E-state index contributed by atoms with van der Waals surface area (Å²) in [5.41, 5.74) is 4.03. The maximum atomic E-state index is 12.3. The number of amides is 1. The molecule has 1 aliphatic rings. The molecule has 0 saturated carbocycles. The van der Waals surface area contributed by atoms with Crippen LogP contribution in [0.2, 0.25) is 0 Å². The number of anilines is 1. The summed E-state index contributed by atoms with van der Waals surface area (Å²) in [6.45, 7) is 1.99. The van der Waals surface area contributed by atoms with Crippen molar-refractivity contribution in [2.75, 3.05) is 18.2 Å². The van der Waals surface area contributed by atoms with Gasteiger partial charge in [0.25, 0.3) is 0 Å². The number of fused-ring (bicyclic) bond motifs is 1. The van der Waals surface area contributed by atoms with Crippen LogP contribution in [0.25, 0.3) is 5.69 Å². The van der Waals surface area contributed by atoms with Crippen LogP contribution in [0, 0.1) is 6.92 Å². The molecule has 1 N–H and O–H groups in total. The number of carbonyl (C=O) groups excluding carboxylic acids is 1. The Hall–Kier alpha value is -2.73. The van der Waals surface area contributed by atoms with E-state index in [2.05, 4.69) is 17.4 Å². The number of hydrogen-bond donors (Lipinski definition) is 1. The molecule has 1 amide bonds. The van der Waals surface area contributed by atoms with E-state index in [-0.39, 0.29) is 11.2 Å². The minimum absolute atomic E-state index is 0.00987. The number of nitrogens with zero attached hydrogens (tertiary/aromatic N) is 2. The highest BCUT2D eigenvalue weighted by Gasteiger charge is 2.30. The standard InChI is InChI=1S/C20H19N3O2S/c1-13-18-19(14-6-4-3-5-7-14)26-12-17(24)21-20(18)23(22-13)15-8-10-16(25-2)11-9-15/h3-11,19H,12H2,1-2H3,(H,21,24)/t19-/m1/s1. The first-order chi connectivity index (χ1) is 12.7. The number of nitrogens with one attached hydrogen (secondary N) is 1. The third-order valence-corrected chi connectivity index (χ3v) is 5.70. The predicted octanol–water partition coefficient (Wildman–Crippen LogP) is 3.96. The number of carbonyl (C=O) groups is 1. The zero-order chi connectivity index (χ0) is 18.1. The molecule has 0 saturated heterocycles. The van der Waals surface area contributed by atoms with Crippen molar-refractivity contribution in [3.63, 3.8) is 0 Å². The molecule has 1 atom stereocenters. The largest absolute Gasteiger partial charge is 0.497 e. The number of ether oxygens (including phenoxy) is 1. The van der Waals surface area contributed by atoms with Crippen LogP contribution in [0.15, 0.2) is 54.6 Å². The average molecular weight is 365 g/mol. The number of hydrogen-bond acceptors (Lipinski definition) is 4. The van der Waals surface area contributed by atoms with Gasteiger partial charge in [-0.2, -0.15) is 5.10 Å². The molecule has 0 fully saturated rings. The second-order valence-electron chi connectivity index (χ2n) is 6.11. The Morgan fingerprint density at radius 3 is 2.58 bits per heavy atom. The first-order valence-electron chi connectivity index (χ1n) is 8.37. The zero-order valence-electron chi connectivity index (χ0n) is 14.6. The van der Waals surface area contributed by atoms with Crippen LogP contribution < -0.4 is 10.1 Å². The number of thioether (sulfide) groups is 1. The molecule has 6 heteroatoms. The number of methoxy groups -OCH3 is 1. The number of aromatic nitrogens is 2. The van der Waals surface area contributed by atoms with E-state index in [0.29, 0.717) is 5.75 Å². The van der Waals surface area contributed by atoms with Gasteiger partial charge in [0.1, 0.15) is 11.6 Å². The van der Waals surface area contributed by atoms with E-state index in [1.165, 1.54) is 5.56 Å². The molecular formula is C20H19N3O2S. The minimum atomic E-state index is -0.00987. The molecule has 1 aliphatic heterocycles. The Kier molecular flexibility index (Phi) is 4.42. The van der Waals surface area contributed by atoms with E-state index in [4.69, 9.17) is 9.84 Å². The third-order valence-electron chi connectivity index (χ3n) is 4.43. The van der Waals surface area contributed by atoms with Crippen molar-refractivity contribution < 1.29 is 9.53 Å². The Bertz CT molecular complexity index is 936. The summed E-state index contributed by atoms with van der Waals surface area (Å²) in [5, 5.41) is 7.83. The molecule has 0 bridgehead atoms. The quantitative estimate of drug-likeness (QED) is 0.763. The fourth-order valence-corrected chi connectivity index (χ4v) is 4.37. The predicted molar refractivity (Wildman–Crippen MR) is 104 cm³/mol. The highest BCUT2D eigenvalue weighted by Crippen LogP contribution is 2.43. The highest BCUT2D eigenvalue weighted by atomic mass is 32.2. The summed E-state index contributed by atoms with van der Waals surface area (Å²) in [5.74, 6) is 1.93. The van der Waals surface area contributed by atoms with Gasteiger partial charge in [-0.1, -0.05) is 30.3 Å². The SMILES string of the molecule is COc1ccc(-n2nc(C)c3c2NC(=O)CS[C@@H]3c2ccccc2)cc1. The molecular weight excluding hydrogens is 346 g/mol. The molecule has 2 heterocycles. The summed E-state index contributed by atoms with van der Waals surface area (Å²) in [6.07, 6.45) is 0. The summed E-state index contributed by atoms with van der Waals surface area (Å²) < 4.78 is 7.04. The van der Waals surface area contributed by atoms with E-state index in [0.717, 1.165) is 28.5 Å². The summed E-state index contributed by atoms with van der Waals surface area (Å²) in [7, 11) is 1.64. The van der Waals surface area contributed by atoms with Crippen molar-refractivity contribution in [1.82, 2.24) is 9.78 Å². The second kappa shape index (κ2) is 6.88. The molecule has 0 radical (unpaired) electrons. The number of rotatable bonds is 3. The van der Waals surface area contributed by atoms with Crippen LogP contribution in [0.3, 0.4) is 0 Å². The molecule has 0 spiro atoms. The van der Waals surface area contributed by atoms with E-state index >= 15 is 0 Å². The number of aryl methyl sites for hydroxylation is 1. The highest BCUT2D eigenvalue weighted by molar-refractivity contribution is 8.00. The van der Waals surface area contributed by atoms with Crippen LogP contribution >= 0.6 is 11.8 Å². The smallest absolute Gasteiger partial charge is 0.235 e. The van der Waals surface area contributed by atoms with Crippen molar-refractivity contribution in [2.24, 2.45) is 0 Å². The van der Waals surface area contributed by atoms with E-state index in [9.17, 15) is 4.79 Å². The molecule has 0 aliphatic carbocycles. The summed E-state index contributed by atoms with van der Waals surface area (Å²) >= 11 is 1.63. The van der Waals surface area contributed by atoms with Gasteiger partial charge in [-0.05, 0) is 36.8 Å². The lowest BCUT2D eigenvalue weighted by atomic mass is 10.0. The maximum Gasteiger partial charge on any atom is 0.235 e. The van der Waals surface area contributed by atoms with Gasteiger partial charge < -0.3 is 10.1 Å². The molecule has 0 unspecified atom stereocenters. The van der Waals surface area contributed by atoms with Crippen LogP contribution in [-0.4, -0.2) is 28.6 Å². The van der Waals surface area contributed by atoms with Crippen molar-refractivity contribution in [3.05, 3.63) is 71.4 Å². The van der Waals surface area contributed by atoms with Crippen molar-refractivity contribution in [1.29, 1.82) is 0 Å². The summed E-state index contributed by atoms with van der Waals surface area (Å²) in [4.78, 5) is 12.3. The van der Waals surface area contributed by atoms with E-state index in [1.54, 1.807) is 18.9 Å². The lowest BCUT2D eigenvalue weighted by molar-refractivity contribution is -0.113. The van der Waals surface area contributed by atoms with Crippen LogP contribution in [0.4, 0.5) is 5.82 Å². The first kappa shape index (κ1) is 16.7. The lowest BCUT2D eigenvalue weighted by Crippen LogP contribution is -2.15. The zero-order valence-corrected chi connectivity index (χ0v) is 15.4. The van der Waals surface area contributed by atoms with Crippen LogP contribution in [0.1, 0.15) is 22.1 Å². The second-order valence-corrected chi connectivity index (χ2v) is 7.20. The molecule has 5 nitrogen and oxygen atoms in total. The topological polar surface area (TPSA) is 56.1 Å². The van der Waals surface area contributed by atoms with Gasteiger partial charge in [0.15, 0.2) is 0 Å². The van der Waals surface area contributed by atoms with Crippen molar-refractivity contribution in [3.8, 4) is 11.4 Å². The molecule has 26 heavy (non-hydrogen) atoms. The van der Waals surface area contributed by atoms with E-state index in [1.807, 2.05) is 54.1 Å². The molecule has 132 valence electrons. The third kappa shape index (κ3) is 2.97. The normalized spacial score (nSPS) is 16.5. The fourth-order valence-electron chi connectivity index (χ4n) is 3.18. The monoisotopic (exact) mass is 365 g/mol. The van der Waals surface area contributed by atoms with Crippen LogP contribution in [-0.2, 0) is 4.79 Å². The Morgan fingerprint density at radius 1 is 1.15 bits per heavy atom. The summed E-state index contributed by atoms with van der Waals surface area (Å²) in [6, 6.07) is 17.9. The van der Waals surface area contributed by atoms with Crippen molar-refractivity contribution >= 4 is 23.5 Å². The van der Waals surface area contributed by atoms with Gasteiger partial charge in [0.2, 0.25) is 5.91 Å². The molecule has 3 aromatic rings. The van der Waals surface area contributed by atoms with Gasteiger partial charge >= 0.3 is 0 Å². The van der Waals surface area contributed by atoms with Gasteiger partial charge in [-0.3, -0.25) is 4.79 Å². The Balaban J connectivity index is 1.85. The molecule has 1 aromatic heterocycles. The van der Waals surface area contributed by atoms with E-state index < -0.39 is 0 Å². The minimum Gasteiger partial charge on any atom is -0.497 e. The molecule has 4 rings (SSSR count). The average Bonchev–Trinajstić information content (AvgIpc) is 2.88. The number of benzene rings is 2. The van der Waals surface area contributed by atoms with Crippen LogP contribution in [0.5, 0.6) is 5.75 Å². The Morgan fingerprint density at radius 2 is 1.88 bits per heavy atom. The molecule has 2 aromatic carbocycles.